The number of carbonyl (C=O) groups is 3. The number of piperidine rings is 1. The minimum absolute atomic E-state index is 0.0666. The predicted octanol–water partition coefficient (Wildman–Crippen LogP) is 1.03. The Balaban J connectivity index is 2.56. The number of ketones is 2. The Labute approximate surface area is 113 Å². The maximum absolute atomic E-state index is 11.9. The van der Waals surface area contributed by atoms with E-state index >= 15 is 0 Å². The van der Waals surface area contributed by atoms with E-state index in [1.807, 2.05) is 0 Å². The molecule has 1 aliphatic heterocycles. The molecule has 1 amide bonds. The van der Waals surface area contributed by atoms with E-state index in [9.17, 15) is 14.4 Å². The second-order valence-corrected chi connectivity index (χ2v) is 5.61. The van der Waals surface area contributed by atoms with Gasteiger partial charge in [-0.3, -0.25) is 9.59 Å². The average Bonchev–Trinajstić information content (AvgIpc) is 2.26. The van der Waals surface area contributed by atoms with E-state index in [0.717, 1.165) is 0 Å². The summed E-state index contributed by atoms with van der Waals surface area (Å²) in [6, 6.07) is 0. The van der Waals surface area contributed by atoms with Crippen molar-refractivity contribution in [3.8, 4) is 0 Å². The molecule has 1 saturated heterocycles. The van der Waals surface area contributed by atoms with Crippen LogP contribution in [0.5, 0.6) is 0 Å². The van der Waals surface area contributed by atoms with Crippen LogP contribution in [0.25, 0.3) is 0 Å². The Hall–Kier alpha value is -1.43. The third-order valence-corrected chi connectivity index (χ3v) is 2.75. The molecule has 108 valence electrons. The largest absolute Gasteiger partial charge is 0.444 e. The third kappa shape index (κ3) is 4.63. The normalized spacial score (nSPS) is 20.3. The van der Waals surface area contributed by atoms with Crippen molar-refractivity contribution < 1.29 is 23.9 Å². The number of ether oxygens (including phenoxy) is 2. The van der Waals surface area contributed by atoms with E-state index in [1.165, 1.54) is 12.0 Å². The van der Waals surface area contributed by atoms with Crippen LogP contribution in [0.2, 0.25) is 0 Å². The first-order valence-corrected chi connectivity index (χ1v) is 6.27. The number of hydrogen-bond acceptors (Lipinski definition) is 5. The van der Waals surface area contributed by atoms with E-state index in [4.69, 9.17) is 9.47 Å². The number of amides is 1. The van der Waals surface area contributed by atoms with Crippen LogP contribution in [0.3, 0.4) is 0 Å². The molecule has 6 nitrogen and oxygen atoms in total. The van der Waals surface area contributed by atoms with Crippen molar-refractivity contribution in [3.63, 3.8) is 0 Å². The topological polar surface area (TPSA) is 72.9 Å². The second kappa shape index (κ2) is 6.14. The summed E-state index contributed by atoms with van der Waals surface area (Å²) in [6.07, 6.45) is -0.182. The molecule has 6 heteroatoms. The Morgan fingerprint density at radius 3 is 2.47 bits per heavy atom. The van der Waals surface area contributed by atoms with Crippen LogP contribution in [-0.4, -0.2) is 55.0 Å². The van der Waals surface area contributed by atoms with Gasteiger partial charge in [0.2, 0.25) is 0 Å². The number of hydrogen-bond donors (Lipinski definition) is 0. The van der Waals surface area contributed by atoms with E-state index < -0.39 is 17.6 Å². The van der Waals surface area contributed by atoms with Gasteiger partial charge in [-0.1, -0.05) is 0 Å². The molecule has 1 rings (SSSR count). The summed E-state index contributed by atoms with van der Waals surface area (Å²) in [5, 5.41) is 0. The summed E-state index contributed by atoms with van der Waals surface area (Å²) >= 11 is 0. The minimum atomic E-state index is -0.654. The number of Topliss-reactive ketones (excluding diaryl/α,β-unsaturated/α-hetero) is 2. The van der Waals surface area contributed by atoms with Crippen LogP contribution in [0.1, 0.15) is 27.2 Å². The SMILES string of the molecule is COCC(=O)C1CCN(C(=O)OC(C)(C)C)CC1=O. The lowest BCUT2D eigenvalue weighted by atomic mass is 9.92. The zero-order valence-corrected chi connectivity index (χ0v) is 11.9. The quantitative estimate of drug-likeness (QED) is 0.717. The Kier molecular flexibility index (Phi) is 5.05. The van der Waals surface area contributed by atoms with Crippen molar-refractivity contribution in [2.24, 2.45) is 5.92 Å². The highest BCUT2D eigenvalue weighted by Crippen LogP contribution is 2.18. The lowest BCUT2D eigenvalue weighted by Gasteiger charge is -2.31. The third-order valence-electron chi connectivity index (χ3n) is 2.75. The van der Waals surface area contributed by atoms with Crippen LogP contribution in [0.4, 0.5) is 4.79 Å². The first kappa shape index (κ1) is 15.6. The molecule has 1 aliphatic rings. The van der Waals surface area contributed by atoms with E-state index in [0.29, 0.717) is 13.0 Å². The molecule has 0 N–H and O–H groups in total. The Bertz CT molecular complexity index is 372. The van der Waals surface area contributed by atoms with Crippen molar-refractivity contribution in [1.29, 1.82) is 0 Å². The maximum Gasteiger partial charge on any atom is 0.410 e. The molecule has 0 aromatic rings. The summed E-state index contributed by atoms with van der Waals surface area (Å²) in [5.41, 5.74) is -0.594. The summed E-state index contributed by atoms with van der Waals surface area (Å²) in [7, 11) is 1.41. The van der Waals surface area contributed by atoms with Gasteiger partial charge in [0, 0.05) is 13.7 Å². The van der Waals surface area contributed by atoms with Gasteiger partial charge in [0.05, 0.1) is 12.5 Å². The van der Waals surface area contributed by atoms with Gasteiger partial charge in [0.1, 0.15) is 12.2 Å². The summed E-state index contributed by atoms with van der Waals surface area (Å²) < 4.78 is 9.93. The van der Waals surface area contributed by atoms with Gasteiger partial charge in [-0.05, 0) is 27.2 Å². The molecule has 0 aromatic heterocycles. The predicted molar refractivity (Wildman–Crippen MR) is 67.8 cm³/mol. The maximum atomic E-state index is 11.9. The van der Waals surface area contributed by atoms with Gasteiger partial charge in [-0.15, -0.1) is 0 Å². The number of rotatable bonds is 3. The molecule has 0 bridgehead atoms. The average molecular weight is 271 g/mol. The van der Waals surface area contributed by atoms with Crippen LogP contribution in [0, 0.1) is 5.92 Å². The van der Waals surface area contributed by atoms with Crippen molar-refractivity contribution in [2.75, 3.05) is 26.8 Å². The lowest BCUT2D eigenvalue weighted by molar-refractivity contribution is -0.138. The van der Waals surface area contributed by atoms with Crippen molar-refractivity contribution >= 4 is 17.7 Å². The van der Waals surface area contributed by atoms with Crippen LogP contribution in [0.15, 0.2) is 0 Å². The highest BCUT2D eigenvalue weighted by atomic mass is 16.6. The number of likely N-dealkylation sites (tertiary alicyclic amines) is 1. The Morgan fingerprint density at radius 1 is 1.37 bits per heavy atom. The number of methoxy groups -OCH3 is 1. The van der Waals surface area contributed by atoms with Gasteiger partial charge >= 0.3 is 6.09 Å². The molecular formula is C13H21NO5. The molecule has 19 heavy (non-hydrogen) atoms. The van der Waals surface area contributed by atoms with Crippen LogP contribution >= 0.6 is 0 Å². The lowest BCUT2D eigenvalue weighted by Crippen LogP contribution is -2.48. The van der Waals surface area contributed by atoms with Gasteiger partial charge < -0.3 is 14.4 Å². The highest BCUT2D eigenvalue weighted by Gasteiger charge is 2.35. The zero-order chi connectivity index (χ0) is 14.6. The zero-order valence-electron chi connectivity index (χ0n) is 11.9. The molecule has 1 heterocycles. The van der Waals surface area contributed by atoms with Crippen LogP contribution in [-0.2, 0) is 19.1 Å². The standard InChI is InChI=1S/C13H21NO5/c1-13(2,3)19-12(17)14-6-5-9(10(15)7-14)11(16)8-18-4/h9H,5-8H2,1-4H3. The first-order valence-electron chi connectivity index (χ1n) is 6.27. The molecular weight excluding hydrogens is 250 g/mol. The fourth-order valence-corrected chi connectivity index (χ4v) is 1.89. The Morgan fingerprint density at radius 2 is 2.00 bits per heavy atom. The van der Waals surface area contributed by atoms with Crippen molar-refractivity contribution in [2.45, 2.75) is 32.8 Å². The molecule has 0 spiro atoms. The summed E-state index contributed by atoms with van der Waals surface area (Å²) in [6.45, 7) is 5.50. The monoisotopic (exact) mass is 271 g/mol. The fourth-order valence-electron chi connectivity index (χ4n) is 1.89. The minimum Gasteiger partial charge on any atom is -0.444 e. The molecule has 0 radical (unpaired) electrons. The smallest absolute Gasteiger partial charge is 0.410 e. The molecule has 0 aliphatic carbocycles. The number of nitrogens with zero attached hydrogens (tertiary/aromatic N) is 1. The van der Waals surface area contributed by atoms with Gasteiger partial charge in [-0.25, -0.2) is 4.79 Å². The van der Waals surface area contributed by atoms with Crippen molar-refractivity contribution in [1.82, 2.24) is 4.90 Å². The van der Waals surface area contributed by atoms with Gasteiger partial charge in [0.15, 0.2) is 11.6 Å². The summed E-state index contributed by atoms with van der Waals surface area (Å²) in [5.74, 6) is -1.13. The second-order valence-electron chi connectivity index (χ2n) is 5.61. The van der Waals surface area contributed by atoms with Gasteiger partial charge in [-0.2, -0.15) is 0 Å². The van der Waals surface area contributed by atoms with Gasteiger partial charge in [0.25, 0.3) is 0 Å². The molecule has 0 saturated carbocycles. The highest BCUT2D eigenvalue weighted by molar-refractivity contribution is 6.05. The van der Waals surface area contributed by atoms with E-state index in [2.05, 4.69) is 0 Å². The molecule has 1 unspecified atom stereocenters. The van der Waals surface area contributed by atoms with Crippen molar-refractivity contribution in [3.05, 3.63) is 0 Å². The molecule has 0 aromatic carbocycles. The fraction of sp³-hybridized carbons (Fsp3) is 0.769. The molecule has 1 atom stereocenters. The molecule has 1 fully saturated rings. The first-order chi connectivity index (χ1) is 8.74. The van der Waals surface area contributed by atoms with E-state index in [1.54, 1.807) is 20.8 Å². The van der Waals surface area contributed by atoms with E-state index in [-0.39, 0.29) is 24.7 Å². The number of carbonyl (C=O) groups excluding carboxylic acids is 3. The van der Waals surface area contributed by atoms with Crippen LogP contribution < -0.4 is 0 Å². The summed E-state index contributed by atoms with van der Waals surface area (Å²) in [4.78, 5) is 36.6.